The largest absolute Gasteiger partial charge is 0.493 e. The molecule has 0 saturated heterocycles. The van der Waals surface area contributed by atoms with Crippen LogP contribution < -0.4 is 10.3 Å². The second kappa shape index (κ2) is 10.3. The first kappa shape index (κ1) is 23.3. The Morgan fingerprint density at radius 2 is 1.78 bits per heavy atom. The Morgan fingerprint density at radius 1 is 1.03 bits per heavy atom. The van der Waals surface area contributed by atoms with Gasteiger partial charge >= 0.3 is 0 Å². The number of nitrogens with zero attached hydrogens (tertiary/aromatic N) is 2. The minimum atomic E-state index is -3.30. The van der Waals surface area contributed by atoms with Gasteiger partial charge in [0.05, 0.1) is 18.0 Å². The Hall–Kier alpha value is -3.39. The number of hydrogen-bond donors (Lipinski definition) is 0. The number of sulfone groups is 1. The number of amides is 1. The average molecular weight is 455 g/mol. The summed E-state index contributed by atoms with van der Waals surface area (Å²) in [5.74, 6) is 0.102. The molecule has 1 aromatic heterocycles. The molecule has 3 aromatic rings. The molecule has 1 heterocycles. The van der Waals surface area contributed by atoms with E-state index in [1.54, 1.807) is 31.4 Å². The fourth-order valence-corrected chi connectivity index (χ4v) is 3.85. The summed E-state index contributed by atoms with van der Waals surface area (Å²) >= 11 is 0. The molecule has 0 aliphatic rings. The van der Waals surface area contributed by atoms with Gasteiger partial charge in [0.2, 0.25) is 0 Å². The highest BCUT2D eigenvalue weighted by atomic mass is 32.2. The molecule has 0 spiro atoms. The van der Waals surface area contributed by atoms with E-state index in [9.17, 15) is 18.0 Å². The van der Waals surface area contributed by atoms with E-state index in [2.05, 4.69) is 0 Å². The highest BCUT2D eigenvalue weighted by Gasteiger charge is 2.16. The van der Waals surface area contributed by atoms with E-state index in [0.717, 1.165) is 11.8 Å². The lowest BCUT2D eigenvalue weighted by Gasteiger charge is -2.18. The smallest absolute Gasteiger partial charge is 0.263 e. The summed E-state index contributed by atoms with van der Waals surface area (Å²) in [6, 6.07) is 19.1. The van der Waals surface area contributed by atoms with Gasteiger partial charge in [0, 0.05) is 26.0 Å². The van der Waals surface area contributed by atoms with Crippen LogP contribution in [0.15, 0.2) is 82.6 Å². The van der Waals surface area contributed by atoms with Crippen molar-refractivity contribution in [3.8, 4) is 5.75 Å². The van der Waals surface area contributed by atoms with Crippen LogP contribution >= 0.6 is 0 Å². The number of hydrogen-bond acceptors (Lipinski definition) is 5. The summed E-state index contributed by atoms with van der Waals surface area (Å²) in [6.45, 7) is 1.08. The van der Waals surface area contributed by atoms with Gasteiger partial charge in [0.1, 0.15) is 11.3 Å². The fourth-order valence-electron chi connectivity index (χ4n) is 3.20. The van der Waals surface area contributed by atoms with Crippen molar-refractivity contribution in [3.63, 3.8) is 0 Å². The molecule has 0 atom stereocenters. The van der Waals surface area contributed by atoms with Gasteiger partial charge in [-0.1, -0.05) is 36.4 Å². The first-order valence-electron chi connectivity index (χ1n) is 10.2. The molecule has 1 amide bonds. The Labute approximate surface area is 187 Å². The zero-order chi connectivity index (χ0) is 23.1. The summed E-state index contributed by atoms with van der Waals surface area (Å²) in [5, 5.41) is 0. The predicted molar refractivity (Wildman–Crippen MR) is 123 cm³/mol. The minimum absolute atomic E-state index is 0.118. The third kappa shape index (κ3) is 6.07. The third-order valence-electron chi connectivity index (χ3n) is 4.93. The number of benzene rings is 2. The van der Waals surface area contributed by atoms with Crippen LogP contribution in [0.3, 0.4) is 0 Å². The molecule has 32 heavy (non-hydrogen) atoms. The number of aromatic nitrogens is 1. The molecule has 3 rings (SSSR count). The quantitative estimate of drug-likeness (QED) is 0.464. The van der Waals surface area contributed by atoms with E-state index >= 15 is 0 Å². The molecule has 0 unspecified atom stereocenters. The van der Waals surface area contributed by atoms with Crippen molar-refractivity contribution in [2.24, 2.45) is 0 Å². The molecule has 0 saturated carbocycles. The molecule has 0 aliphatic carbocycles. The summed E-state index contributed by atoms with van der Waals surface area (Å²) in [7, 11) is -1.66. The Bertz CT molecular complexity index is 1240. The molecule has 168 valence electrons. The zero-order valence-corrected chi connectivity index (χ0v) is 18.9. The number of pyridine rings is 1. The third-order valence-corrected chi connectivity index (χ3v) is 6.04. The van der Waals surface area contributed by atoms with Crippen molar-refractivity contribution >= 4 is 15.7 Å². The van der Waals surface area contributed by atoms with Gasteiger partial charge in [-0.3, -0.25) is 9.59 Å². The van der Waals surface area contributed by atoms with Crippen molar-refractivity contribution in [1.29, 1.82) is 0 Å². The number of carbonyl (C=O) groups is 1. The molecule has 0 fully saturated rings. The van der Waals surface area contributed by atoms with Crippen LogP contribution in [0.25, 0.3) is 0 Å². The first-order valence-corrected chi connectivity index (χ1v) is 12.1. The van der Waals surface area contributed by atoms with Crippen molar-refractivity contribution in [3.05, 3.63) is 94.4 Å². The molecule has 0 radical (unpaired) electrons. The SMILES string of the molecule is CN(CCCOc1cccc(S(C)(=O)=O)c1)C(=O)c1cccn(Cc2ccccc2)c1=O. The van der Waals surface area contributed by atoms with Gasteiger partial charge in [-0.15, -0.1) is 0 Å². The first-order chi connectivity index (χ1) is 15.3. The molecule has 8 heteroatoms. The van der Waals surface area contributed by atoms with Crippen LogP contribution in [0.5, 0.6) is 5.75 Å². The van der Waals surface area contributed by atoms with Gasteiger partial charge in [0.25, 0.3) is 11.5 Å². The van der Waals surface area contributed by atoms with Gasteiger partial charge in [-0.25, -0.2) is 8.42 Å². The molecule has 7 nitrogen and oxygen atoms in total. The lowest BCUT2D eigenvalue weighted by Crippen LogP contribution is -2.35. The van der Waals surface area contributed by atoms with Gasteiger partial charge in [0.15, 0.2) is 9.84 Å². The summed E-state index contributed by atoms with van der Waals surface area (Å²) in [4.78, 5) is 27.3. The maximum atomic E-state index is 12.8. The van der Waals surface area contributed by atoms with Crippen molar-refractivity contribution in [2.45, 2.75) is 17.9 Å². The number of ether oxygens (including phenoxy) is 1. The highest BCUT2D eigenvalue weighted by molar-refractivity contribution is 7.90. The maximum absolute atomic E-state index is 12.8. The molecule has 2 aromatic carbocycles. The lowest BCUT2D eigenvalue weighted by molar-refractivity contribution is 0.0785. The Kier molecular flexibility index (Phi) is 7.48. The van der Waals surface area contributed by atoms with Crippen LogP contribution in [-0.4, -0.2) is 50.2 Å². The van der Waals surface area contributed by atoms with Crippen LogP contribution in [0.2, 0.25) is 0 Å². The maximum Gasteiger partial charge on any atom is 0.263 e. The second-order valence-electron chi connectivity index (χ2n) is 7.52. The second-order valence-corrected chi connectivity index (χ2v) is 9.53. The topological polar surface area (TPSA) is 85.7 Å². The van der Waals surface area contributed by atoms with E-state index in [1.807, 2.05) is 30.3 Å². The molecule has 0 N–H and O–H groups in total. The van der Waals surface area contributed by atoms with Crippen molar-refractivity contribution in [1.82, 2.24) is 9.47 Å². The zero-order valence-electron chi connectivity index (χ0n) is 18.1. The summed E-state index contributed by atoms with van der Waals surface area (Å²) in [6.07, 6.45) is 3.34. The van der Waals surface area contributed by atoms with Gasteiger partial charge in [-0.05, 0) is 42.3 Å². The molecular formula is C24H26N2O5S. The minimum Gasteiger partial charge on any atom is -0.493 e. The standard InChI is InChI=1S/C24H26N2O5S/c1-25(14-8-16-31-20-11-6-12-21(17-20)32(2,29)30)23(27)22-13-7-15-26(24(22)28)18-19-9-4-3-5-10-19/h3-7,9-13,15,17H,8,14,16,18H2,1-2H3. The van der Waals surface area contributed by atoms with E-state index in [1.165, 1.54) is 27.7 Å². The van der Waals surface area contributed by atoms with Crippen LogP contribution in [0.4, 0.5) is 0 Å². The lowest BCUT2D eigenvalue weighted by atomic mass is 10.2. The number of rotatable bonds is 9. The van der Waals surface area contributed by atoms with E-state index in [-0.39, 0.29) is 21.9 Å². The van der Waals surface area contributed by atoms with E-state index in [4.69, 9.17) is 4.74 Å². The Morgan fingerprint density at radius 3 is 2.50 bits per heavy atom. The molecular weight excluding hydrogens is 428 g/mol. The Balaban J connectivity index is 1.57. The van der Waals surface area contributed by atoms with Crippen LogP contribution in [0.1, 0.15) is 22.3 Å². The van der Waals surface area contributed by atoms with E-state index in [0.29, 0.717) is 31.9 Å². The molecule has 0 aliphatic heterocycles. The van der Waals surface area contributed by atoms with Gasteiger partial charge in [-0.2, -0.15) is 0 Å². The summed E-state index contributed by atoms with van der Waals surface area (Å²) in [5.41, 5.74) is 0.763. The van der Waals surface area contributed by atoms with Gasteiger partial charge < -0.3 is 14.2 Å². The van der Waals surface area contributed by atoms with E-state index < -0.39 is 9.84 Å². The van der Waals surface area contributed by atoms with Crippen LogP contribution in [0, 0.1) is 0 Å². The normalized spacial score (nSPS) is 11.2. The van der Waals surface area contributed by atoms with Crippen molar-refractivity contribution < 1.29 is 17.9 Å². The number of carbonyl (C=O) groups excluding carboxylic acids is 1. The molecule has 0 bridgehead atoms. The fraction of sp³-hybridized carbons (Fsp3) is 0.250. The average Bonchev–Trinajstić information content (AvgIpc) is 2.78. The summed E-state index contributed by atoms with van der Waals surface area (Å²) < 4.78 is 30.4. The highest BCUT2D eigenvalue weighted by Crippen LogP contribution is 2.17. The predicted octanol–water partition coefficient (Wildman–Crippen LogP) is 2.84. The van der Waals surface area contributed by atoms with Crippen LogP contribution in [-0.2, 0) is 16.4 Å². The monoisotopic (exact) mass is 454 g/mol. The van der Waals surface area contributed by atoms with Crippen molar-refractivity contribution in [2.75, 3.05) is 26.5 Å².